The zero-order valence-electron chi connectivity index (χ0n) is 13.4. The van der Waals surface area contributed by atoms with Crippen LogP contribution in [0.15, 0.2) is 0 Å². The predicted octanol–water partition coefficient (Wildman–Crippen LogP) is 2.64. The zero-order valence-corrected chi connectivity index (χ0v) is 13.4. The maximum atomic E-state index is 9.32. The average Bonchev–Trinajstić information content (AvgIpc) is 3.22. The molecular formula is C16H34N2O. The molecule has 1 unspecified atom stereocenters. The first-order valence-corrected chi connectivity index (χ1v) is 8.16. The van der Waals surface area contributed by atoms with Gasteiger partial charge in [0.1, 0.15) is 0 Å². The molecule has 114 valence electrons. The van der Waals surface area contributed by atoms with Gasteiger partial charge in [-0.3, -0.25) is 4.90 Å². The lowest BCUT2D eigenvalue weighted by atomic mass is 9.86. The molecule has 3 nitrogen and oxygen atoms in total. The van der Waals surface area contributed by atoms with Crippen LogP contribution in [0.3, 0.4) is 0 Å². The normalized spacial score (nSPS) is 19.1. The van der Waals surface area contributed by atoms with Crippen molar-refractivity contribution in [2.75, 3.05) is 26.2 Å². The third kappa shape index (κ3) is 5.80. The highest BCUT2D eigenvalue weighted by Gasteiger charge is 2.30. The molecule has 0 saturated heterocycles. The molecule has 0 aromatic rings. The number of aliphatic hydroxyl groups excluding tert-OH is 1. The molecular weight excluding hydrogens is 236 g/mol. The van der Waals surface area contributed by atoms with Crippen molar-refractivity contribution in [3.63, 3.8) is 0 Å². The van der Waals surface area contributed by atoms with Gasteiger partial charge in [0.2, 0.25) is 0 Å². The van der Waals surface area contributed by atoms with Crippen molar-refractivity contribution in [2.24, 2.45) is 5.41 Å². The Bertz CT molecular complexity index is 239. The van der Waals surface area contributed by atoms with Gasteiger partial charge in [0, 0.05) is 31.7 Å². The molecule has 1 fully saturated rings. The Morgan fingerprint density at radius 3 is 2.32 bits per heavy atom. The molecule has 3 heteroatoms. The third-order valence-corrected chi connectivity index (χ3v) is 4.68. The number of rotatable bonds is 11. The molecule has 1 saturated carbocycles. The Morgan fingerprint density at radius 1 is 1.26 bits per heavy atom. The van der Waals surface area contributed by atoms with Gasteiger partial charge in [0.05, 0.1) is 6.61 Å². The lowest BCUT2D eigenvalue weighted by Crippen LogP contribution is -2.47. The van der Waals surface area contributed by atoms with E-state index in [-0.39, 0.29) is 6.61 Å². The summed E-state index contributed by atoms with van der Waals surface area (Å²) in [7, 11) is 0. The van der Waals surface area contributed by atoms with Crippen molar-refractivity contribution >= 4 is 0 Å². The Kier molecular flexibility index (Phi) is 7.33. The van der Waals surface area contributed by atoms with Gasteiger partial charge in [-0.2, -0.15) is 0 Å². The predicted molar refractivity (Wildman–Crippen MR) is 82.5 cm³/mol. The highest BCUT2D eigenvalue weighted by Crippen LogP contribution is 2.26. The molecule has 1 aliphatic rings. The first-order valence-electron chi connectivity index (χ1n) is 8.16. The molecule has 0 radical (unpaired) electrons. The molecule has 0 amide bonds. The molecule has 1 aliphatic carbocycles. The fourth-order valence-corrected chi connectivity index (χ4v) is 2.79. The van der Waals surface area contributed by atoms with Gasteiger partial charge in [-0.15, -0.1) is 0 Å². The zero-order chi connectivity index (χ0) is 14.3. The standard InChI is InChI=1S/C16H34N2O/c1-5-15(6-2)18(10-11-19)13-16(4,7-3)12-17-14-8-9-14/h14-15,17,19H,5-13H2,1-4H3. The van der Waals surface area contributed by atoms with E-state index in [1.807, 2.05) is 0 Å². The van der Waals surface area contributed by atoms with Crippen LogP contribution in [-0.2, 0) is 0 Å². The largest absolute Gasteiger partial charge is 0.395 e. The summed E-state index contributed by atoms with van der Waals surface area (Å²) in [4.78, 5) is 2.50. The van der Waals surface area contributed by atoms with E-state index in [2.05, 4.69) is 37.9 Å². The summed E-state index contributed by atoms with van der Waals surface area (Å²) in [5, 5.41) is 13.0. The molecule has 1 rings (SSSR count). The van der Waals surface area contributed by atoms with Crippen molar-refractivity contribution in [3.05, 3.63) is 0 Å². The van der Waals surface area contributed by atoms with Crippen molar-refractivity contribution in [1.82, 2.24) is 10.2 Å². The van der Waals surface area contributed by atoms with E-state index in [0.717, 1.165) is 25.7 Å². The van der Waals surface area contributed by atoms with Crippen LogP contribution in [0.5, 0.6) is 0 Å². The summed E-state index contributed by atoms with van der Waals surface area (Å²) < 4.78 is 0. The summed E-state index contributed by atoms with van der Waals surface area (Å²) in [6.07, 6.45) is 6.24. The Labute approximate surface area is 119 Å². The van der Waals surface area contributed by atoms with Crippen LogP contribution in [0.2, 0.25) is 0 Å². The topological polar surface area (TPSA) is 35.5 Å². The SMILES string of the molecule is CCC(CC)N(CCO)CC(C)(CC)CNC1CC1. The van der Waals surface area contributed by atoms with Crippen molar-refractivity contribution in [2.45, 2.75) is 71.9 Å². The lowest BCUT2D eigenvalue weighted by molar-refractivity contribution is 0.0869. The number of nitrogens with one attached hydrogen (secondary N) is 1. The molecule has 0 aromatic carbocycles. The maximum absolute atomic E-state index is 9.32. The Morgan fingerprint density at radius 2 is 1.89 bits per heavy atom. The summed E-state index contributed by atoms with van der Waals surface area (Å²) >= 11 is 0. The van der Waals surface area contributed by atoms with Crippen LogP contribution in [0.25, 0.3) is 0 Å². The minimum Gasteiger partial charge on any atom is -0.395 e. The van der Waals surface area contributed by atoms with Gasteiger partial charge >= 0.3 is 0 Å². The van der Waals surface area contributed by atoms with Crippen LogP contribution in [0.1, 0.15) is 59.8 Å². The van der Waals surface area contributed by atoms with E-state index < -0.39 is 0 Å². The van der Waals surface area contributed by atoms with Gasteiger partial charge < -0.3 is 10.4 Å². The van der Waals surface area contributed by atoms with E-state index in [4.69, 9.17) is 0 Å². The van der Waals surface area contributed by atoms with Crippen LogP contribution in [-0.4, -0.2) is 48.3 Å². The summed E-state index contributed by atoms with van der Waals surface area (Å²) in [5.41, 5.74) is 0.320. The van der Waals surface area contributed by atoms with Gasteiger partial charge in [0.25, 0.3) is 0 Å². The van der Waals surface area contributed by atoms with E-state index in [0.29, 0.717) is 11.5 Å². The number of hydrogen-bond donors (Lipinski definition) is 2. The monoisotopic (exact) mass is 270 g/mol. The molecule has 0 aliphatic heterocycles. The number of hydrogen-bond acceptors (Lipinski definition) is 3. The van der Waals surface area contributed by atoms with Crippen molar-refractivity contribution in [1.29, 1.82) is 0 Å². The van der Waals surface area contributed by atoms with Crippen LogP contribution in [0, 0.1) is 5.41 Å². The highest BCUT2D eigenvalue weighted by molar-refractivity contribution is 4.87. The molecule has 19 heavy (non-hydrogen) atoms. The van der Waals surface area contributed by atoms with Crippen molar-refractivity contribution < 1.29 is 5.11 Å². The first kappa shape index (κ1) is 16.9. The molecule has 0 heterocycles. The van der Waals surface area contributed by atoms with Gasteiger partial charge in [0.15, 0.2) is 0 Å². The Hall–Kier alpha value is -0.120. The first-order chi connectivity index (χ1) is 9.08. The molecule has 0 spiro atoms. The third-order valence-electron chi connectivity index (χ3n) is 4.68. The molecule has 2 N–H and O–H groups in total. The second-order valence-corrected chi connectivity index (χ2v) is 6.48. The smallest absolute Gasteiger partial charge is 0.0558 e. The lowest BCUT2D eigenvalue weighted by Gasteiger charge is -2.39. The average molecular weight is 270 g/mol. The summed E-state index contributed by atoms with van der Waals surface area (Å²) in [6, 6.07) is 1.39. The maximum Gasteiger partial charge on any atom is 0.0558 e. The second-order valence-electron chi connectivity index (χ2n) is 6.48. The van der Waals surface area contributed by atoms with E-state index in [9.17, 15) is 5.11 Å². The molecule has 1 atom stereocenters. The van der Waals surface area contributed by atoms with Crippen LogP contribution in [0.4, 0.5) is 0 Å². The summed E-state index contributed by atoms with van der Waals surface area (Å²) in [5.74, 6) is 0. The Balaban J connectivity index is 2.55. The quantitative estimate of drug-likeness (QED) is 0.606. The van der Waals surface area contributed by atoms with Gasteiger partial charge in [-0.25, -0.2) is 0 Å². The van der Waals surface area contributed by atoms with E-state index in [1.54, 1.807) is 0 Å². The van der Waals surface area contributed by atoms with E-state index >= 15 is 0 Å². The highest BCUT2D eigenvalue weighted by atomic mass is 16.3. The van der Waals surface area contributed by atoms with Crippen LogP contribution >= 0.6 is 0 Å². The van der Waals surface area contributed by atoms with Crippen LogP contribution < -0.4 is 5.32 Å². The van der Waals surface area contributed by atoms with Crippen molar-refractivity contribution in [3.8, 4) is 0 Å². The van der Waals surface area contributed by atoms with Gasteiger partial charge in [-0.1, -0.05) is 27.7 Å². The minimum atomic E-state index is 0.270. The fourth-order valence-electron chi connectivity index (χ4n) is 2.79. The molecule has 0 bridgehead atoms. The summed E-state index contributed by atoms with van der Waals surface area (Å²) in [6.45, 7) is 12.5. The number of nitrogens with zero attached hydrogens (tertiary/aromatic N) is 1. The van der Waals surface area contributed by atoms with Gasteiger partial charge in [-0.05, 0) is 37.5 Å². The fraction of sp³-hybridized carbons (Fsp3) is 1.00. The second kappa shape index (κ2) is 8.23. The van der Waals surface area contributed by atoms with E-state index in [1.165, 1.54) is 32.1 Å². The minimum absolute atomic E-state index is 0.270. The molecule has 0 aromatic heterocycles. The number of aliphatic hydroxyl groups is 1.